The van der Waals surface area contributed by atoms with Gasteiger partial charge in [0, 0.05) is 12.6 Å². The molecule has 1 aliphatic carbocycles. The standard InChI is InChI=1S/C16H23NO2/c1-12-3-9-15(10-4-12)17-11-13-5-7-14(8-6-13)16(18)19-2/h5-8,12,15,17H,3-4,9-11H2,1-2H3. The van der Waals surface area contributed by atoms with E-state index in [1.54, 1.807) is 0 Å². The lowest BCUT2D eigenvalue weighted by atomic mass is 9.87. The molecule has 0 amide bonds. The summed E-state index contributed by atoms with van der Waals surface area (Å²) in [5, 5.41) is 3.60. The number of esters is 1. The molecule has 0 atom stereocenters. The van der Waals surface area contributed by atoms with Crippen molar-refractivity contribution in [3.05, 3.63) is 35.4 Å². The minimum atomic E-state index is -0.277. The van der Waals surface area contributed by atoms with Gasteiger partial charge in [0.25, 0.3) is 0 Å². The van der Waals surface area contributed by atoms with E-state index >= 15 is 0 Å². The van der Waals surface area contributed by atoms with Crippen molar-refractivity contribution in [1.29, 1.82) is 0 Å². The first-order valence-electron chi connectivity index (χ1n) is 7.09. The Morgan fingerprint density at radius 2 is 1.84 bits per heavy atom. The molecule has 19 heavy (non-hydrogen) atoms. The van der Waals surface area contributed by atoms with Crippen molar-refractivity contribution in [3.63, 3.8) is 0 Å². The summed E-state index contributed by atoms with van der Waals surface area (Å²) in [6.45, 7) is 3.21. The third kappa shape index (κ3) is 4.06. The number of methoxy groups -OCH3 is 1. The van der Waals surface area contributed by atoms with Gasteiger partial charge in [0.2, 0.25) is 0 Å². The quantitative estimate of drug-likeness (QED) is 0.846. The maximum Gasteiger partial charge on any atom is 0.337 e. The van der Waals surface area contributed by atoms with Gasteiger partial charge in [-0.1, -0.05) is 19.1 Å². The minimum Gasteiger partial charge on any atom is -0.465 e. The number of carbonyl (C=O) groups excluding carboxylic acids is 1. The van der Waals surface area contributed by atoms with Gasteiger partial charge in [-0.3, -0.25) is 0 Å². The molecule has 104 valence electrons. The number of hydrogen-bond acceptors (Lipinski definition) is 3. The van der Waals surface area contributed by atoms with Crippen LogP contribution in [-0.2, 0) is 11.3 Å². The number of ether oxygens (including phenoxy) is 1. The molecule has 0 aliphatic heterocycles. The molecule has 0 heterocycles. The molecule has 1 aromatic rings. The van der Waals surface area contributed by atoms with Crippen LogP contribution in [-0.4, -0.2) is 19.1 Å². The van der Waals surface area contributed by atoms with E-state index in [1.165, 1.54) is 38.4 Å². The maximum atomic E-state index is 11.3. The Hall–Kier alpha value is -1.35. The van der Waals surface area contributed by atoms with Crippen LogP contribution < -0.4 is 5.32 Å². The van der Waals surface area contributed by atoms with Crippen molar-refractivity contribution in [3.8, 4) is 0 Å². The van der Waals surface area contributed by atoms with Crippen molar-refractivity contribution in [2.45, 2.75) is 45.2 Å². The lowest BCUT2D eigenvalue weighted by Crippen LogP contribution is -2.32. The first kappa shape index (κ1) is 14.1. The van der Waals surface area contributed by atoms with E-state index in [2.05, 4.69) is 17.0 Å². The number of rotatable bonds is 4. The Balaban J connectivity index is 1.81. The van der Waals surface area contributed by atoms with Crippen LogP contribution in [0.1, 0.15) is 48.5 Å². The van der Waals surface area contributed by atoms with E-state index in [-0.39, 0.29) is 5.97 Å². The third-order valence-corrected chi connectivity index (χ3v) is 3.99. The molecular weight excluding hydrogens is 238 g/mol. The smallest absolute Gasteiger partial charge is 0.337 e. The highest BCUT2D eigenvalue weighted by atomic mass is 16.5. The van der Waals surface area contributed by atoms with Crippen LogP contribution in [0.3, 0.4) is 0 Å². The van der Waals surface area contributed by atoms with Gasteiger partial charge in [0.05, 0.1) is 12.7 Å². The van der Waals surface area contributed by atoms with Crippen LogP contribution in [0.15, 0.2) is 24.3 Å². The van der Waals surface area contributed by atoms with Crippen LogP contribution in [0.25, 0.3) is 0 Å². The lowest BCUT2D eigenvalue weighted by Gasteiger charge is -2.27. The third-order valence-electron chi connectivity index (χ3n) is 3.99. The molecule has 3 heteroatoms. The fourth-order valence-electron chi connectivity index (χ4n) is 2.60. The Bertz CT molecular complexity index is 405. The average molecular weight is 261 g/mol. The zero-order chi connectivity index (χ0) is 13.7. The van der Waals surface area contributed by atoms with Gasteiger partial charge < -0.3 is 10.1 Å². The number of nitrogens with one attached hydrogen (secondary N) is 1. The summed E-state index contributed by atoms with van der Waals surface area (Å²) in [6.07, 6.45) is 5.22. The molecule has 1 aromatic carbocycles. The minimum absolute atomic E-state index is 0.277. The Morgan fingerprint density at radius 1 is 1.21 bits per heavy atom. The van der Waals surface area contributed by atoms with Crippen molar-refractivity contribution >= 4 is 5.97 Å². The predicted octanol–water partition coefficient (Wildman–Crippen LogP) is 3.14. The van der Waals surface area contributed by atoms with Crippen LogP contribution in [0, 0.1) is 5.92 Å². The molecule has 0 radical (unpaired) electrons. The number of hydrogen-bond donors (Lipinski definition) is 1. The summed E-state index contributed by atoms with van der Waals surface area (Å²) < 4.78 is 4.69. The van der Waals surface area contributed by atoms with Crippen LogP contribution in [0.4, 0.5) is 0 Å². The first-order valence-corrected chi connectivity index (χ1v) is 7.09. The van der Waals surface area contributed by atoms with E-state index in [0.29, 0.717) is 11.6 Å². The Morgan fingerprint density at radius 3 is 2.42 bits per heavy atom. The second-order valence-electron chi connectivity index (χ2n) is 5.53. The number of benzene rings is 1. The van der Waals surface area contributed by atoms with E-state index in [9.17, 15) is 4.79 Å². The van der Waals surface area contributed by atoms with Crippen LogP contribution in [0.5, 0.6) is 0 Å². The highest BCUT2D eigenvalue weighted by Crippen LogP contribution is 2.23. The molecule has 1 fully saturated rings. The van der Waals surface area contributed by atoms with Gasteiger partial charge in [-0.25, -0.2) is 4.79 Å². The average Bonchev–Trinajstić information content (AvgIpc) is 2.46. The van der Waals surface area contributed by atoms with Crippen molar-refractivity contribution < 1.29 is 9.53 Å². The molecule has 0 spiro atoms. The Kier molecular flexibility index (Phi) is 4.97. The number of carbonyl (C=O) groups is 1. The zero-order valence-corrected chi connectivity index (χ0v) is 11.8. The van der Waals surface area contributed by atoms with Crippen molar-refractivity contribution in [2.24, 2.45) is 5.92 Å². The largest absolute Gasteiger partial charge is 0.465 e. The van der Waals surface area contributed by atoms with E-state index in [4.69, 9.17) is 0 Å². The zero-order valence-electron chi connectivity index (χ0n) is 11.8. The van der Waals surface area contributed by atoms with Gasteiger partial charge in [-0.05, 0) is 49.3 Å². The van der Waals surface area contributed by atoms with E-state index in [0.717, 1.165) is 12.5 Å². The molecule has 0 saturated heterocycles. The molecule has 0 bridgehead atoms. The monoisotopic (exact) mass is 261 g/mol. The van der Waals surface area contributed by atoms with Gasteiger partial charge in [-0.2, -0.15) is 0 Å². The summed E-state index contributed by atoms with van der Waals surface area (Å²) in [7, 11) is 1.40. The molecule has 1 saturated carbocycles. The molecular formula is C16H23NO2. The highest BCUT2D eigenvalue weighted by molar-refractivity contribution is 5.89. The summed E-state index contributed by atoms with van der Waals surface area (Å²) in [5.74, 6) is 0.609. The van der Waals surface area contributed by atoms with E-state index in [1.807, 2.05) is 24.3 Å². The van der Waals surface area contributed by atoms with Crippen molar-refractivity contribution in [1.82, 2.24) is 5.32 Å². The van der Waals surface area contributed by atoms with Gasteiger partial charge in [-0.15, -0.1) is 0 Å². The molecule has 0 unspecified atom stereocenters. The van der Waals surface area contributed by atoms with Crippen molar-refractivity contribution in [2.75, 3.05) is 7.11 Å². The molecule has 3 nitrogen and oxygen atoms in total. The summed E-state index contributed by atoms with van der Waals surface area (Å²) in [6, 6.07) is 8.28. The fraction of sp³-hybridized carbons (Fsp3) is 0.562. The maximum absolute atomic E-state index is 11.3. The van der Waals surface area contributed by atoms with Crippen LogP contribution >= 0.6 is 0 Å². The highest BCUT2D eigenvalue weighted by Gasteiger charge is 2.17. The summed E-state index contributed by atoms with van der Waals surface area (Å²) in [5.41, 5.74) is 1.82. The molecule has 1 N–H and O–H groups in total. The second kappa shape index (κ2) is 6.71. The van der Waals surface area contributed by atoms with Gasteiger partial charge in [0.1, 0.15) is 0 Å². The van der Waals surface area contributed by atoms with Gasteiger partial charge in [0.15, 0.2) is 0 Å². The summed E-state index contributed by atoms with van der Waals surface area (Å²) >= 11 is 0. The topological polar surface area (TPSA) is 38.3 Å². The Labute approximate surface area is 115 Å². The molecule has 0 aromatic heterocycles. The SMILES string of the molecule is COC(=O)c1ccc(CNC2CCC(C)CC2)cc1. The molecule has 1 aliphatic rings. The van der Waals surface area contributed by atoms with Crippen LogP contribution in [0.2, 0.25) is 0 Å². The van der Waals surface area contributed by atoms with Gasteiger partial charge >= 0.3 is 5.97 Å². The predicted molar refractivity (Wildman–Crippen MR) is 76.0 cm³/mol. The van der Waals surface area contributed by atoms with E-state index < -0.39 is 0 Å². The summed E-state index contributed by atoms with van der Waals surface area (Å²) in [4.78, 5) is 11.3. The second-order valence-corrected chi connectivity index (χ2v) is 5.53. The lowest BCUT2D eigenvalue weighted by molar-refractivity contribution is 0.0600. The molecule has 2 rings (SSSR count). The normalized spacial score (nSPS) is 23.1. The fourth-order valence-corrected chi connectivity index (χ4v) is 2.60. The first-order chi connectivity index (χ1) is 9.19.